The molecule has 2 aromatic heterocycles. The molecule has 0 N–H and O–H groups in total. The summed E-state index contributed by atoms with van der Waals surface area (Å²) in [5.74, 6) is 0. The average molecular weight is 692 g/mol. The normalized spacial score (nSPS) is 20.1. The van der Waals surface area contributed by atoms with E-state index < -0.39 is 0 Å². The molecule has 2 unspecified atom stereocenters. The van der Waals surface area contributed by atoms with E-state index in [1.54, 1.807) is 0 Å². The lowest BCUT2D eigenvalue weighted by molar-refractivity contribution is 0.595. The Kier molecular flexibility index (Phi) is 6.64. The standard InChI is InChI=1S/C51H37N3/c1-50-25-24-45(54-47(50)29-34-13-5-6-14-36(34)30-50)48-38-15-7-9-17-40(38)49(41-18-10-8-16-39(41)48)51(2)26-23-42-37(31-51)20-22-43(52-42)44-21-19-35-27-32-11-3-4-12-33(32)28-46(35)53-44/h3-24,26-30H,25,31H2,1-2H3. The molecule has 11 rings (SSSR count). The molecule has 3 nitrogen and oxygen atoms in total. The molecule has 6 aromatic carbocycles. The average Bonchev–Trinajstić information content (AvgIpc) is 3.20. The minimum atomic E-state index is -0.253. The highest BCUT2D eigenvalue weighted by Crippen LogP contribution is 2.47. The Morgan fingerprint density at radius 1 is 0.574 bits per heavy atom. The second kappa shape index (κ2) is 11.5. The van der Waals surface area contributed by atoms with E-state index in [9.17, 15) is 0 Å². The highest BCUT2D eigenvalue weighted by atomic mass is 14.8. The summed E-state index contributed by atoms with van der Waals surface area (Å²) < 4.78 is 0. The van der Waals surface area contributed by atoms with Gasteiger partial charge in [0.15, 0.2) is 0 Å². The smallest absolute Gasteiger partial charge is 0.0894 e. The van der Waals surface area contributed by atoms with Gasteiger partial charge in [0.1, 0.15) is 0 Å². The van der Waals surface area contributed by atoms with Crippen molar-refractivity contribution in [1.82, 2.24) is 9.97 Å². The van der Waals surface area contributed by atoms with Crippen LogP contribution < -0.4 is 10.4 Å². The first-order valence-corrected chi connectivity index (χ1v) is 19.0. The van der Waals surface area contributed by atoms with E-state index in [2.05, 4.69) is 178 Å². The molecule has 0 fully saturated rings. The van der Waals surface area contributed by atoms with Gasteiger partial charge in [0, 0.05) is 21.8 Å². The zero-order valence-electron chi connectivity index (χ0n) is 30.3. The molecule has 0 saturated heterocycles. The van der Waals surface area contributed by atoms with Crippen molar-refractivity contribution in [3.8, 4) is 11.4 Å². The fraction of sp³-hybridized carbons (Fsp3) is 0.118. The fourth-order valence-electron chi connectivity index (χ4n) is 9.27. The summed E-state index contributed by atoms with van der Waals surface area (Å²) in [7, 11) is 0. The lowest BCUT2D eigenvalue weighted by Gasteiger charge is -2.34. The van der Waals surface area contributed by atoms with E-state index in [0.717, 1.165) is 52.2 Å². The summed E-state index contributed by atoms with van der Waals surface area (Å²) in [6, 6.07) is 48.1. The lowest BCUT2D eigenvalue weighted by Crippen LogP contribution is -2.39. The number of hydrogen-bond donors (Lipinski definition) is 0. The number of aromatic nitrogens is 2. The van der Waals surface area contributed by atoms with Crippen molar-refractivity contribution < 1.29 is 0 Å². The number of aliphatic imine (C=N–C) groups is 1. The van der Waals surface area contributed by atoms with Crippen molar-refractivity contribution in [3.63, 3.8) is 0 Å². The minimum Gasteiger partial charge on any atom is -0.252 e. The van der Waals surface area contributed by atoms with Crippen LogP contribution in [0.1, 0.15) is 42.7 Å². The first-order valence-electron chi connectivity index (χ1n) is 19.0. The molecule has 2 aliphatic carbocycles. The van der Waals surface area contributed by atoms with Crippen LogP contribution in [0.15, 0.2) is 151 Å². The third kappa shape index (κ3) is 4.78. The summed E-state index contributed by atoms with van der Waals surface area (Å²) in [6.07, 6.45) is 13.4. The SMILES string of the molecule is CC12C=c3ccccc3=CC1=NC(c1c3ccccc3c(C3(C)C=Cc4nc(-c5ccc6cc7ccccc7cc6n5)ccc4C3)c3ccccc13)=CC2. The van der Waals surface area contributed by atoms with Crippen LogP contribution in [0.3, 0.4) is 0 Å². The molecule has 3 aliphatic rings. The van der Waals surface area contributed by atoms with Gasteiger partial charge < -0.3 is 0 Å². The van der Waals surface area contributed by atoms with Gasteiger partial charge in [-0.3, -0.25) is 4.99 Å². The van der Waals surface area contributed by atoms with Crippen LogP contribution in [0, 0.1) is 5.41 Å². The van der Waals surface area contributed by atoms with E-state index >= 15 is 0 Å². The maximum Gasteiger partial charge on any atom is 0.0894 e. The predicted octanol–water partition coefficient (Wildman–Crippen LogP) is 10.8. The fourth-order valence-corrected chi connectivity index (χ4v) is 9.27. The van der Waals surface area contributed by atoms with Crippen molar-refractivity contribution in [2.45, 2.75) is 32.1 Å². The Bertz CT molecular complexity index is 3090. The van der Waals surface area contributed by atoms with Crippen LogP contribution in [0.5, 0.6) is 0 Å². The van der Waals surface area contributed by atoms with Gasteiger partial charge in [0.05, 0.1) is 34.0 Å². The maximum absolute atomic E-state index is 5.46. The van der Waals surface area contributed by atoms with Crippen molar-refractivity contribution >= 4 is 72.9 Å². The van der Waals surface area contributed by atoms with Crippen molar-refractivity contribution in [1.29, 1.82) is 0 Å². The summed E-state index contributed by atoms with van der Waals surface area (Å²) in [5.41, 5.74) is 9.44. The van der Waals surface area contributed by atoms with Gasteiger partial charge in [-0.25, -0.2) is 9.97 Å². The third-order valence-corrected chi connectivity index (χ3v) is 12.1. The molecule has 256 valence electrons. The number of pyridine rings is 2. The maximum atomic E-state index is 5.46. The molecule has 1 aliphatic heterocycles. The Labute approximate surface area is 314 Å². The van der Waals surface area contributed by atoms with Crippen LogP contribution in [0.4, 0.5) is 0 Å². The molecule has 0 radical (unpaired) electrons. The first kappa shape index (κ1) is 31.1. The summed E-state index contributed by atoms with van der Waals surface area (Å²) in [6.45, 7) is 4.70. The molecular formula is C51H37N3. The lowest BCUT2D eigenvalue weighted by atomic mass is 9.70. The minimum absolute atomic E-state index is 0.121. The van der Waals surface area contributed by atoms with Crippen LogP contribution in [-0.4, -0.2) is 15.7 Å². The monoisotopic (exact) mass is 691 g/mol. The molecule has 0 saturated carbocycles. The zero-order valence-corrected chi connectivity index (χ0v) is 30.3. The summed E-state index contributed by atoms with van der Waals surface area (Å²) >= 11 is 0. The molecule has 54 heavy (non-hydrogen) atoms. The molecule has 2 atom stereocenters. The molecular weight excluding hydrogens is 655 g/mol. The number of rotatable bonds is 3. The Hall–Kier alpha value is -6.45. The number of allylic oxidation sites excluding steroid dienone is 2. The van der Waals surface area contributed by atoms with Crippen LogP contribution in [-0.2, 0) is 11.8 Å². The van der Waals surface area contributed by atoms with Gasteiger partial charge in [-0.05, 0) is 103 Å². The molecule has 0 amide bonds. The van der Waals surface area contributed by atoms with Crippen LogP contribution in [0.2, 0.25) is 0 Å². The van der Waals surface area contributed by atoms with Crippen molar-refractivity contribution in [3.05, 3.63) is 178 Å². The second-order valence-electron chi connectivity index (χ2n) is 15.7. The van der Waals surface area contributed by atoms with E-state index in [1.807, 2.05) is 0 Å². The molecule has 3 heteroatoms. The zero-order chi connectivity index (χ0) is 36.0. The number of nitrogens with zero attached hydrogens (tertiary/aromatic N) is 3. The second-order valence-corrected chi connectivity index (χ2v) is 15.7. The van der Waals surface area contributed by atoms with Gasteiger partial charge in [-0.15, -0.1) is 0 Å². The van der Waals surface area contributed by atoms with Gasteiger partial charge in [0.25, 0.3) is 0 Å². The third-order valence-electron chi connectivity index (χ3n) is 12.1. The van der Waals surface area contributed by atoms with Gasteiger partial charge >= 0.3 is 0 Å². The molecule has 0 spiro atoms. The highest BCUT2D eigenvalue weighted by Gasteiger charge is 2.35. The topological polar surface area (TPSA) is 38.1 Å². The summed E-state index contributed by atoms with van der Waals surface area (Å²) in [5, 5.41) is 11.1. The van der Waals surface area contributed by atoms with E-state index in [4.69, 9.17) is 15.0 Å². The molecule has 0 bridgehead atoms. The van der Waals surface area contributed by atoms with E-state index in [1.165, 1.54) is 59.4 Å². The highest BCUT2D eigenvalue weighted by molar-refractivity contribution is 6.21. The molecule has 8 aromatic rings. The Morgan fingerprint density at radius 2 is 1.22 bits per heavy atom. The predicted molar refractivity (Wildman–Crippen MR) is 227 cm³/mol. The van der Waals surface area contributed by atoms with E-state index in [-0.39, 0.29) is 10.8 Å². The number of fused-ring (bicyclic) bond motifs is 7. The summed E-state index contributed by atoms with van der Waals surface area (Å²) in [4.78, 5) is 15.7. The van der Waals surface area contributed by atoms with Crippen molar-refractivity contribution in [2.75, 3.05) is 0 Å². The quantitative estimate of drug-likeness (QED) is 0.173. The van der Waals surface area contributed by atoms with Crippen LogP contribution >= 0.6 is 0 Å². The van der Waals surface area contributed by atoms with Gasteiger partial charge in [-0.2, -0.15) is 0 Å². The number of hydrogen-bond acceptors (Lipinski definition) is 3. The van der Waals surface area contributed by atoms with Gasteiger partial charge in [0.2, 0.25) is 0 Å². The largest absolute Gasteiger partial charge is 0.252 e. The van der Waals surface area contributed by atoms with E-state index in [0.29, 0.717) is 0 Å². The van der Waals surface area contributed by atoms with Crippen LogP contribution in [0.25, 0.3) is 78.5 Å². The number of benzene rings is 6. The van der Waals surface area contributed by atoms with Gasteiger partial charge in [-0.1, -0.05) is 141 Å². The Balaban J connectivity index is 1.01. The molecule has 3 heterocycles. The first-order chi connectivity index (χ1) is 26.4. The van der Waals surface area contributed by atoms with Crippen molar-refractivity contribution in [2.24, 2.45) is 10.4 Å². The Morgan fingerprint density at radius 3 is 2.00 bits per heavy atom.